The summed E-state index contributed by atoms with van der Waals surface area (Å²) in [6.45, 7) is 3.35. The van der Waals surface area contributed by atoms with Gasteiger partial charge in [0.2, 0.25) is 0 Å². The van der Waals surface area contributed by atoms with E-state index in [2.05, 4.69) is 64.3 Å². The molecule has 2 aliphatic carbocycles. The largest absolute Gasteiger partial charge is 0.495 e. The molecule has 0 saturated carbocycles. The maximum Gasteiger partial charge on any atom is 0.143 e. The molecule has 4 heteroatoms. The Morgan fingerprint density at radius 3 is 2.67 bits per heavy atom. The third-order valence-electron chi connectivity index (χ3n) is 5.41. The monoisotopic (exact) mass is 451 g/mol. The highest BCUT2D eigenvalue weighted by molar-refractivity contribution is 9.11. The normalized spacial score (nSPS) is 25.8. The van der Waals surface area contributed by atoms with Crippen LogP contribution in [0.3, 0.4) is 0 Å². The maximum absolute atomic E-state index is 5.82. The Labute approximate surface area is 163 Å². The zero-order valence-electron chi connectivity index (χ0n) is 14.1. The number of rotatable bonds is 2. The van der Waals surface area contributed by atoms with Crippen molar-refractivity contribution in [3.05, 3.63) is 63.5 Å². The predicted octanol–water partition coefficient (Wildman–Crippen LogP) is 5.97. The van der Waals surface area contributed by atoms with Crippen LogP contribution in [0.25, 0.3) is 0 Å². The summed E-state index contributed by atoms with van der Waals surface area (Å²) in [5.41, 5.74) is 5.69. The molecule has 0 unspecified atom stereocenters. The van der Waals surface area contributed by atoms with Gasteiger partial charge in [0.05, 0.1) is 7.11 Å². The minimum absolute atomic E-state index is 0. The molecule has 0 aromatic heterocycles. The Morgan fingerprint density at radius 1 is 1.21 bits per heavy atom. The number of ether oxygens (including phenoxy) is 1. The molecule has 1 aromatic carbocycles. The second-order valence-electron chi connectivity index (χ2n) is 6.75. The van der Waals surface area contributed by atoms with Crippen molar-refractivity contribution in [1.82, 2.24) is 0 Å². The standard InChI is InChI=1S/C20H22BrNO.BrH/c1-13-10-14-8-9-17(21)20-18(23-2)12-22(11-16(13)19(14)20)15-6-4-3-5-7-15;/h3-7,12-14H,8-11H2,1-2H3;1H/t13-,14-;/m1./s1. The van der Waals surface area contributed by atoms with Gasteiger partial charge in [0.25, 0.3) is 0 Å². The lowest BCUT2D eigenvalue weighted by Gasteiger charge is -2.26. The fourth-order valence-corrected chi connectivity index (χ4v) is 4.93. The molecule has 4 rings (SSSR count). The summed E-state index contributed by atoms with van der Waals surface area (Å²) >= 11 is 3.83. The highest BCUT2D eigenvalue weighted by Gasteiger charge is 2.39. The summed E-state index contributed by atoms with van der Waals surface area (Å²) in [6, 6.07) is 10.6. The van der Waals surface area contributed by atoms with E-state index in [1.54, 1.807) is 18.3 Å². The van der Waals surface area contributed by atoms with Crippen LogP contribution in [-0.2, 0) is 4.74 Å². The molecule has 2 atom stereocenters. The molecular weight excluding hydrogens is 430 g/mol. The molecular formula is C20H23Br2NO. The number of nitrogens with zero attached hydrogens (tertiary/aromatic N) is 1. The van der Waals surface area contributed by atoms with Crippen molar-refractivity contribution in [3.8, 4) is 0 Å². The van der Waals surface area contributed by atoms with Gasteiger partial charge in [-0.3, -0.25) is 0 Å². The summed E-state index contributed by atoms with van der Waals surface area (Å²) in [5.74, 6) is 2.34. The molecule has 2 nitrogen and oxygen atoms in total. The van der Waals surface area contributed by atoms with Crippen molar-refractivity contribution in [2.24, 2.45) is 11.8 Å². The van der Waals surface area contributed by atoms with E-state index in [1.165, 1.54) is 28.6 Å². The Kier molecular flexibility index (Phi) is 5.26. The number of halogens is 2. The SMILES string of the molecule is Br.COC1=CN(c2ccccc2)CC2=C3C1=C(Br)CC[C@@H]3C[C@H]2C. The van der Waals surface area contributed by atoms with Gasteiger partial charge in [-0.1, -0.05) is 41.1 Å². The van der Waals surface area contributed by atoms with Crippen molar-refractivity contribution in [3.63, 3.8) is 0 Å². The topological polar surface area (TPSA) is 12.5 Å². The molecule has 0 N–H and O–H groups in total. The molecule has 24 heavy (non-hydrogen) atoms. The maximum atomic E-state index is 5.82. The number of hydrogen-bond acceptors (Lipinski definition) is 2. The van der Waals surface area contributed by atoms with Gasteiger partial charge in [-0.2, -0.15) is 0 Å². The van der Waals surface area contributed by atoms with E-state index in [4.69, 9.17) is 4.74 Å². The second-order valence-corrected chi connectivity index (χ2v) is 7.71. The third-order valence-corrected chi connectivity index (χ3v) is 6.20. The number of anilines is 1. The summed E-state index contributed by atoms with van der Waals surface area (Å²) in [7, 11) is 1.79. The van der Waals surface area contributed by atoms with Crippen LogP contribution >= 0.6 is 32.9 Å². The number of methoxy groups -OCH3 is 1. The first-order valence-corrected chi connectivity index (χ1v) is 9.18. The smallest absolute Gasteiger partial charge is 0.143 e. The van der Waals surface area contributed by atoms with Gasteiger partial charge >= 0.3 is 0 Å². The van der Waals surface area contributed by atoms with Crippen LogP contribution in [0.4, 0.5) is 5.69 Å². The fraction of sp³-hybridized carbons (Fsp3) is 0.400. The average molecular weight is 453 g/mol. The average Bonchev–Trinajstić information content (AvgIpc) is 2.78. The molecule has 0 bridgehead atoms. The number of benzene rings is 1. The first-order valence-electron chi connectivity index (χ1n) is 8.39. The molecule has 1 heterocycles. The Bertz CT molecular complexity index is 720. The van der Waals surface area contributed by atoms with Crippen molar-refractivity contribution >= 4 is 38.6 Å². The van der Waals surface area contributed by atoms with Crippen LogP contribution < -0.4 is 4.90 Å². The Hall–Kier alpha value is -1.00. The van der Waals surface area contributed by atoms with Crippen LogP contribution in [0, 0.1) is 11.8 Å². The minimum atomic E-state index is 0. The highest BCUT2D eigenvalue weighted by atomic mass is 79.9. The molecule has 1 aliphatic heterocycles. The van der Waals surface area contributed by atoms with E-state index in [0.717, 1.165) is 18.7 Å². The first-order chi connectivity index (χ1) is 11.2. The Balaban J connectivity index is 0.00000169. The lowest BCUT2D eigenvalue weighted by molar-refractivity contribution is 0.297. The summed E-state index contributed by atoms with van der Waals surface area (Å²) in [4.78, 5) is 2.34. The van der Waals surface area contributed by atoms with Crippen molar-refractivity contribution in [2.45, 2.75) is 26.2 Å². The zero-order valence-corrected chi connectivity index (χ0v) is 17.4. The lowest BCUT2D eigenvalue weighted by Crippen LogP contribution is -2.20. The van der Waals surface area contributed by atoms with E-state index in [-0.39, 0.29) is 17.0 Å². The molecule has 0 saturated heterocycles. The van der Waals surface area contributed by atoms with Crippen LogP contribution in [0.2, 0.25) is 0 Å². The van der Waals surface area contributed by atoms with E-state index in [9.17, 15) is 0 Å². The van der Waals surface area contributed by atoms with E-state index < -0.39 is 0 Å². The summed E-state index contributed by atoms with van der Waals surface area (Å²) < 4.78 is 7.12. The molecule has 0 fully saturated rings. The number of allylic oxidation sites excluding steroid dienone is 2. The van der Waals surface area contributed by atoms with Gasteiger partial charge in [-0.05, 0) is 54.4 Å². The zero-order chi connectivity index (χ0) is 16.0. The lowest BCUT2D eigenvalue weighted by atomic mass is 9.84. The second kappa shape index (κ2) is 7.09. The van der Waals surface area contributed by atoms with Crippen molar-refractivity contribution in [2.75, 3.05) is 18.6 Å². The fourth-order valence-electron chi connectivity index (χ4n) is 4.30. The molecule has 0 spiro atoms. The van der Waals surface area contributed by atoms with Crippen LogP contribution in [0.15, 0.2) is 63.5 Å². The summed E-state index contributed by atoms with van der Waals surface area (Å²) in [5, 5.41) is 0. The van der Waals surface area contributed by atoms with Crippen LogP contribution in [0.5, 0.6) is 0 Å². The number of hydrogen-bond donors (Lipinski definition) is 0. The van der Waals surface area contributed by atoms with Crippen LogP contribution in [0.1, 0.15) is 26.2 Å². The van der Waals surface area contributed by atoms with Gasteiger partial charge in [0, 0.05) is 28.5 Å². The first kappa shape index (κ1) is 17.8. The van der Waals surface area contributed by atoms with Gasteiger partial charge in [-0.25, -0.2) is 0 Å². The van der Waals surface area contributed by atoms with Gasteiger partial charge in [0.15, 0.2) is 0 Å². The predicted molar refractivity (Wildman–Crippen MR) is 109 cm³/mol. The molecule has 3 aliphatic rings. The Morgan fingerprint density at radius 2 is 1.96 bits per heavy atom. The van der Waals surface area contributed by atoms with Crippen LogP contribution in [-0.4, -0.2) is 13.7 Å². The van der Waals surface area contributed by atoms with Crippen molar-refractivity contribution in [1.29, 1.82) is 0 Å². The van der Waals surface area contributed by atoms with E-state index in [0.29, 0.717) is 11.8 Å². The minimum Gasteiger partial charge on any atom is -0.495 e. The third kappa shape index (κ3) is 2.88. The quantitative estimate of drug-likeness (QED) is 0.548. The van der Waals surface area contributed by atoms with Gasteiger partial charge in [0.1, 0.15) is 5.76 Å². The van der Waals surface area contributed by atoms with E-state index in [1.807, 2.05) is 0 Å². The van der Waals surface area contributed by atoms with Gasteiger partial charge < -0.3 is 9.64 Å². The van der Waals surface area contributed by atoms with Crippen molar-refractivity contribution < 1.29 is 4.74 Å². The molecule has 0 radical (unpaired) electrons. The van der Waals surface area contributed by atoms with E-state index >= 15 is 0 Å². The van der Waals surface area contributed by atoms with Gasteiger partial charge in [-0.15, -0.1) is 17.0 Å². The molecule has 128 valence electrons. The molecule has 1 aromatic rings. The number of para-hydroxylation sites is 1. The summed E-state index contributed by atoms with van der Waals surface area (Å²) in [6.07, 6.45) is 5.85. The molecule has 0 amide bonds. The highest BCUT2D eigenvalue weighted by Crippen LogP contribution is 2.51.